The molecule has 0 radical (unpaired) electrons. The molecule has 3 fully saturated rings. The molecule has 2 bridgehead atoms. The van der Waals surface area contributed by atoms with Gasteiger partial charge in [-0.3, -0.25) is 14.9 Å². The summed E-state index contributed by atoms with van der Waals surface area (Å²) in [4.78, 5) is 31.2. The van der Waals surface area contributed by atoms with Crippen LogP contribution in [0.3, 0.4) is 0 Å². The van der Waals surface area contributed by atoms with E-state index in [0.717, 1.165) is 48.9 Å². The zero-order chi connectivity index (χ0) is 22.8. The SMILES string of the molecule is CCn1c(NC(=O)[C@H]2C[C@H]3CC[C@@]2(C)C[C@@]32NC(=O)c3ccccc3N2)nc2ccccc21. The second-order valence-corrected chi connectivity index (χ2v) is 10.1. The topological polar surface area (TPSA) is 88.0 Å². The summed E-state index contributed by atoms with van der Waals surface area (Å²) in [5, 5.41) is 10.1. The van der Waals surface area contributed by atoms with Gasteiger partial charge in [-0.1, -0.05) is 31.2 Å². The average Bonchev–Trinajstić information content (AvgIpc) is 3.15. The first-order valence-electron chi connectivity index (χ1n) is 11.9. The molecular formula is C26H29N5O2. The number of imidazole rings is 1. The highest BCUT2D eigenvalue weighted by molar-refractivity contribution is 6.02. The van der Waals surface area contributed by atoms with Crippen LogP contribution in [0.5, 0.6) is 0 Å². The van der Waals surface area contributed by atoms with E-state index in [9.17, 15) is 9.59 Å². The van der Waals surface area contributed by atoms with Crippen molar-refractivity contribution in [2.45, 2.75) is 51.7 Å². The molecule has 170 valence electrons. The van der Waals surface area contributed by atoms with Gasteiger partial charge in [0.15, 0.2) is 0 Å². The van der Waals surface area contributed by atoms with Crippen LogP contribution in [0.15, 0.2) is 48.5 Å². The van der Waals surface area contributed by atoms with Crippen LogP contribution in [-0.2, 0) is 11.3 Å². The molecule has 4 aliphatic rings. The zero-order valence-electron chi connectivity index (χ0n) is 19.0. The minimum atomic E-state index is -0.494. The molecule has 7 rings (SSSR count). The number of nitrogens with zero attached hydrogens (tertiary/aromatic N) is 2. The molecule has 2 heterocycles. The Hall–Kier alpha value is -3.35. The zero-order valence-corrected chi connectivity index (χ0v) is 19.0. The lowest BCUT2D eigenvalue weighted by Gasteiger charge is -2.60. The van der Waals surface area contributed by atoms with Crippen molar-refractivity contribution in [3.8, 4) is 0 Å². The van der Waals surface area contributed by atoms with E-state index >= 15 is 0 Å². The molecule has 2 amide bonds. The third-order valence-electron chi connectivity index (χ3n) is 8.19. The predicted molar refractivity (Wildman–Crippen MR) is 128 cm³/mol. The minimum Gasteiger partial charge on any atom is -0.362 e. The lowest BCUT2D eigenvalue weighted by molar-refractivity contribution is -0.134. The Bertz CT molecular complexity index is 1280. The third kappa shape index (κ3) is 2.98. The van der Waals surface area contributed by atoms with Crippen LogP contribution in [0.1, 0.15) is 49.9 Å². The maximum Gasteiger partial charge on any atom is 0.255 e. The van der Waals surface area contributed by atoms with Gasteiger partial charge < -0.3 is 15.2 Å². The van der Waals surface area contributed by atoms with Gasteiger partial charge in [-0.2, -0.15) is 0 Å². The van der Waals surface area contributed by atoms with Crippen LogP contribution in [0.4, 0.5) is 11.6 Å². The summed E-state index contributed by atoms with van der Waals surface area (Å²) < 4.78 is 2.05. The van der Waals surface area contributed by atoms with Crippen molar-refractivity contribution in [3.63, 3.8) is 0 Å². The normalized spacial score (nSPS) is 30.1. The maximum absolute atomic E-state index is 13.6. The molecule has 7 nitrogen and oxygen atoms in total. The number of nitrogens with one attached hydrogen (secondary N) is 3. The van der Waals surface area contributed by atoms with Crippen molar-refractivity contribution in [2.75, 3.05) is 10.6 Å². The first kappa shape index (κ1) is 20.3. The first-order chi connectivity index (χ1) is 15.9. The summed E-state index contributed by atoms with van der Waals surface area (Å²) in [6.45, 7) is 5.00. The molecule has 3 saturated carbocycles. The number of hydrogen-bond acceptors (Lipinski definition) is 4. The molecule has 0 unspecified atom stereocenters. The van der Waals surface area contributed by atoms with Crippen molar-refractivity contribution < 1.29 is 9.59 Å². The van der Waals surface area contributed by atoms with Crippen LogP contribution < -0.4 is 16.0 Å². The molecule has 2 aromatic carbocycles. The van der Waals surface area contributed by atoms with Gasteiger partial charge >= 0.3 is 0 Å². The van der Waals surface area contributed by atoms with Crippen LogP contribution in [0, 0.1) is 17.3 Å². The Morgan fingerprint density at radius 2 is 1.97 bits per heavy atom. The molecule has 3 N–H and O–H groups in total. The number of aryl methyl sites for hydroxylation is 1. The maximum atomic E-state index is 13.6. The van der Waals surface area contributed by atoms with E-state index in [1.807, 2.05) is 48.5 Å². The van der Waals surface area contributed by atoms with Crippen LogP contribution in [0.2, 0.25) is 0 Å². The van der Waals surface area contributed by atoms with E-state index in [4.69, 9.17) is 0 Å². The van der Waals surface area contributed by atoms with E-state index in [-0.39, 0.29) is 29.1 Å². The number of benzene rings is 2. The van der Waals surface area contributed by atoms with E-state index < -0.39 is 5.66 Å². The van der Waals surface area contributed by atoms with E-state index in [2.05, 4.69) is 39.3 Å². The summed E-state index contributed by atoms with van der Waals surface area (Å²) in [7, 11) is 0. The van der Waals surface area contributed by atoms with Gasteiger partial charge in [-0.25, -0.2) is 4.98 Å². The van der Waals surface area contributed by atoms with E-state index in [0.29, 0.717) is 11.5 Å². The molecule has 33 heavy (non-hydrogen) atoms. The lowest BCUT2D eigenvalue weighted by Crippen LogP contribution is -2.70. The van der Waals surface area contributed by atoms with Crippen LogP contribution in [0.25, 0.3) is 11.0 Å². The Kier molecular flexibility index (Phi) is 4.34. The van der Waals surface area contributed by atoms with Gasteiger partial charge in [0, 0.05) is 24.1 Å². The monoisotopic (exact) mass is 443 g/mol. The lowest BCUT2D eigenvalue weighted by atomic mass is 9.51. The number of para-hydroxylation sites is 3. The fourth-order valence-electron chi connectivity index (χ4n) is 6.54. The summed E-state index contributed by atoms with van der Waals surface area (Å²) >= 11 is 0. The predicted octanol–water partition coefficient (Wildman–Crippen LogP) is 4.37. The fourth-order valence-corrected chi connectivity index (χ4v) is 6.54. The van der Waals surface area contributed by atoms with Gasteiger partial charge in [0.2, 0.25) is 11.9 Å². The summed E-state index contributed by atoms with van der Waals surface area (Å²) in [6.07, 6.45) is 3.43. The van der Waals surface area contributed by atoms with Crippen molar-refractivity contribution >= 4 is 34.5 Å². The highest BCUT2D eigenvalue weighted by atomic mass is 16.2. The molecule has 1 aliphatic heterocycles. The summed E-state index contributed by atoms with van der Waals surface area (Å²) in [5.41, 5.74) is 2.77. The second-order valence-electron chi connectivity index (χ2n) is 10.1. The summed E-state index contributed by atoms with van der Waals surface area (Å²) in [5.74, 6) is 0.685. The number of hydrogen-bond donors (Lipinski definition) is 3. The summed E-state index contributed by atoms with van der Waals surface area (Å²) in [6, 6.07) is 15.6. The fraction of sp³-hybridized carbons (Fsp3) is 0.423. The third-order valence-corrected chi connectivity index (χ3v) is 8.19. The number of aromatic nitrogens is 2. The Balaban J connectivity index is 1.28. The first-order valence-corrected chi connectivity index (χ1v) is 11.9. The molecule has 7 heteroatoms. The standard InChI is InChI=1S/C26H29N5O2/c1-3-31-21-11-7-6-10-20(21)27-24(31)28-23(33)18-14-16-12-13-25(18,2)15-26(16)29-19-9-5-4-8-17(19)22(32)30-26/h4-11,16,18,29H,3,12-15H2,1-2H3,(H,30,32)(H,27,28,33)/t16-,18-,25+,26-/m1/s1. The van der Waals surface area contributed by atoms with Crippen molar-refractivity contribution in [1.29, 1.82) is 0 Å². The van der Waals surface area contributed by atoms with Crippen molar-refractivity contribution in [1.82, 2.24) is 14.9 Å². The Labute approximate surface area is 193 Å². The molecule has 0 saturated heterocycles. The molecule has 1 aromatic heterocycles. The molecule has 1 spiro atoms. The smallest absolute Gasteiger partial charge is 0.255 e. The molecule has 3 aromatic rings. The van der Waals surface area contributed by atoms with Gasteiger partial charge in [-0.15, -0.1) is 0 Å². The molecule has 4 atom stereocenters. The number of amides is 2. The average molecular weight is 444 g/mol. The van der Waals surface area contributed by atoms with E-state index in [1.54, 1.807) is 0 Å². The molecule has 3 aliphatic carbocycles. The van der Waals surface area contributed by atoms with Crippen molar-refractivity contribution in [2.24, 2.45) is 17.3 Å². The number of fused-ring (bicyclic) bond motifs is 4. The Morgan fingerprint density at radius 3 is 2.79 bits per heavy atom. The Morgan fingerprint density at radius 1 is 1.18 bits per heavy atom. The minimum absolute atomic E-state index is 0.0295. The van der Waals surface area contributed by atoms with Gasteiger partial charge in [0.25, 0.3) is 5.91 Å². The van der Waals surface area contributed by atoms with E-state index in [1.165, 1.54) is 0 Å². The van der Waals surface area contributed by atoms with Crippen molar-refractivity contribution in [3.05, 3.63) is 54.1 Å². The molecular weight excluding hydrogens is 414 g/mol. The number of rotatable bonds is 3. The van der Waals surface area contributed by atoms with Crippen LogP contribution in [-0.4, -0.2) is 27.0 Å². The number of anilines is 2. The van der Waals surface area contributed by atoms with Gasteiger partial charge in [0.05, 0.1) is 16.6 Å². The second kappa shape index (κ2) is 7.07. The van der Waals surface area contributed by atoms with Gasteiger partial charge in [-0.05, 0) is 62.3 Å². The largest absolute Gasteiger partial charge is 0.362 e. The number of carbonyl (C=O) groups is 2. The quantitative estimate of drug-likeness (QED) is 0.561. The highest BCUT2D eigenvalue weighted by Gasteiger charge is 2.60. The van der Waals surface area contributed by atoms with Crippen LogP contribution >= 0.6 is 0 Å². The van der Waals surface area contributed by atoms with Gasteiger partial charge in [0.1, 0.15) is 5.66 Å². The highest BCUT2D eigenvalue weighted by Crippen LogP contribution is 2.58. The number of carbonyl (C=O) groups excluding carboxylic acids is 2.